The zero-order valence-electron chi connectivity index (χ0n) is 7.06. The summed E-state index contributed by atoms with van der Waals surface area (Å²) in [6, 6.07) is 0. The summed E-state index contributed by atoms with van der Waals surface area (Å²) in [7, 11) is 0. The lowest BCUT2D eigenvalue weighted by molar-refractivity contribution is 0.161. The van der Waals surface area contributed by atoms with Crippen LogP contribution in [0.4, 0.5) is 4.39 Å². The molecule has 1 heterocycles. The van der Waals surface area contributed by atoms with Crippen LogP contribution < -0.4 is 0 Å². The van der Waals surface area contributed by atoms with Gasteiger partial charge in [-0.15, -0.1) is 0 Å². The van der Waals surface area contributed by atoms with Crippen LogP contribution in [0.1, 0.15) is 27.2 Å². The second-order valence-corrected chi connectivity index (χ2v) is 2.30. The molecule has 62 valence electrons. The van der Waals surface area contributed by atoms with Gasteiger partial charge in [0.1, 0.15) is 6.17 Å². The van der Waals surface area contributed by atoms with Crippen LogP contribution in [-0.2, 0) is 4.74 Å². The van der Waals surface area contributed by atoms with Gasteiger partial charge in [0.25, 0.3) is 0 Å². The number of hydrogen-bond acceptors (Lipinski definition) is 1. The van der Waals surface area contributed by atoms with E-state index in [1.807, 2.05) is 13.8 Å². The van der Waals surface area contributed by atoms with Gasteiger partial charge in [-0.1, -0.05) is 13.8 Å². The van der Waals surface area contributed by atoms with Gasteiger partial charge in [-0.25, -0.2) is 4.39 Å². The Balaban J connectivity index is 0.000000371. The van der Waals surface area contributed by atoms with Gasteiger partial charge in [-0.2, -0.15) is 0 Å². The molecule has 1 saturated heterocycles. The van der Waals surface area contributed by atoms with Gasteiger partial charge in [0.2, 0.25) is 0 Å². The van der Waals surface area contributed by atoms with E-state index in [9.17, 15) is 4.39 Å². The predicted octanol–water partition coefficient (Wildman–Crippen LogP) is 2.41. The van der Waals surface area contributed by atoms with Crippen molar-refractivity contribution in [3.05, 3.63) is 0 Å². The van der Waals surface area contributed by atoms with E-state index >= 15 is 0 Å². The average molecular weight is 148 g/mol. The molecule has 2 unspecified atom stereocenters. The fraction of sp³-hybridized carbons (Fsp3) is 1.00. The molecular weight excluding hydrogens is 131 g/mol. The van der Waals surface area contributed by atoms with Crippen LogP contribution in [0.15, 0.2) is 0 Å². The number of alkyl halides is 1. The van der Waals surface area contributed by atoms with Crippen molar-refractivity contribution in [2.45, 2.75) is 33.4 Å². The summed E-state index contributed by atoms with van der Waals surface area (Å²) in [6.07, 6.45) is 0.218. The number of rotatable bonds is 1. The van der Waals surface area contributed by atoms with Crippen molar-refractivity contribution >= 4 is 0 Å². The van der Waals surface area contributed by atoms with E-state index in [1.54, 1.807) is 6.92 Å². The monoisotopic (exact) mass is 148 g/mol. The second-order valence-electron chi connectivity index (χ2n) is 2.30. The largest absolute Gasteiger partial charge is 0.381 e. The zero-order valence-corrected chi connectivity index (χ0v) is 7.06. The minimum absolute atomic E-state index is 0.176. The molecule has 0 bridgehead atoms. The summed E-state index contributed by atoms with van der Waals surface area (Å²) in [5.41, 5.74) is 0. The Bertz CT molecular complexity index is 67.7. The molecule has 10 heavy (non-hydrogen) atoms. The first-order chi connectivity index (χ1) is 4.80. The summed E-state index contributed by atoms with van der Waals surface area (Å²) < 4.78 is 17.3. The van der Waals surface area contributed by atoms with Crippen molar-refractivity contribution in [3.8, 4) is 0 Å². The van der Waals surface area contributed by atoms with Gasteiger partial charge in [0.05, 0.1) is 6.61 Å². The summed E-state index contributed by atoms with van der Waals surface area (Å²) in [6.45, 7) is 6.97. The molecule has 1 rings (SSSR count). The number of ether oxygens (including phenoxy) is 1. The van der Waals surface area contributed by atoms with Crippen LogP contribution in [0.5, 0.6) is 0 Å². The molecule has 0 saturated carbocycles. The topological polar surface area (TPSA) is 9.23 Å². The molecule has 0 aromatic rings. The maximum Gasteiger partial charge on any atom is 0.102 e. The fourth-order valence-electron chi connectivity index (χ4n) is 0.915. The van der Waals surface area contributed by atoms with E-state index < -0.39 is 6.17 Å². The van der Waals surface area contributed by atoms with Crippen molar-refractivity contribution < 1.29 is 9.13 Å². The summed E-state index contributed by atoms with van der Waals surface area (Å²) in [5, 5.41) is 0. The SMILES string of the molecule is CC.CC(F)C1CCOC1. The maximum absolute atomic E-state index is 12.3. The Labute approximate surface area is 62.6 Å². The van der Waals surface area contributed by atoms with Crippen LogP contribution in [-0.4, -0.2) is 19.4 Å². The third-order valence-electron chi connectivity index (χ3n) is 1.61. The fourth-order valence-corrected chi connectivity index (χ4v) is 0.915. The van der Waals surface area contributed by atoms with Crippen molar-refractivity contribution in [3.63, 3.8) is 0 Å². The van der Waals surface area contributed by atoms with Crippen LogP contribution in [0.3, 0.4) is 0 Å². The van der Waals surface area contributed by atoms with E-state index in [-0.39, 0.29) is 5.92 Å². The second kappa shape index (κ2) is 5.66. The molecule has 0 N–H and O–H groups in total. The smallest absolute Gasteiger partial charge is 0.102 e. The normalized spacial score (nSPS) is 27.0. The maximum atomic E-state index is 12.3. The van der Waals surface area contributed by atoms with E-state index in [1.165, 1.54) is 0 Å². The lowest BCUT2D eigenvalue weighted by Crippen LogP contribution is -2.11. The Morgan fingerprint density at radius 1 is 1.50 bits per heavy atom. The highest BCUT2D eigenvalue weighted by molar-refractivity contribution is 4.68. The summed E-state index contributed by atoms with van der Waals surface area (Å²) in [5.74, 6) is 0.176. The minimum atomic E-state index is -0.683. The predicted molar refractivity (Wildman–Crippen MR) is 40.8 cm³/mol. The number of hydrogen-bond donors (Lipinski definition) is 0. The molecule has 0 aromatic carbocycles. The molecule has 0 radical (unpaired) electrons. The molecule has 1 aliphatic rings. The van der Waals surface area contributed by atoms with Crippen molar-refractivity contribution in [2.75, 3.05) is 13.2 Å². The third kappa shape index (κ3) is 3.16. The minimum Gasteiger partial charge on any atom is -0.381 e. The van der Waals surface area contributed by atoms with E-state index in [0.29, 0.717) is 6.61 Å². The highest BCUT2D eigenvalue weighted by Crippen LogP contribution is 2.17. The van der Waals surface area contributed by atoms with Crippen LogP contribution >= 0.6 is 0 Å². The van der Waals surface area contributed by atoms with Gasteiger partial charge >= 0.3 is 0 Å². The standard InChI is InChI=1S/C6H11FO.C2H6/c1-5(7)6-2-3-8-4-6;1-2/h5-6H,2-4H2,1H3;1-2H3. The van der Waals surface area contributed by atoms with E-state index in [0.717, 1.165) is 13.0 Å². The first-order valence-corrected chi connectivity index (χ1v) is 4.02. The number of halogens is 1. The van der Waals surface area contributed by atoms with Crippen LogP contribution in [0.25, 0.3) is 0 Å². The van der Waals surface area contributed by atoms with E-state index in [4.69, 9.17) is 4.74 Å². The lowest BCUT2D eigenvalue weighted by atomic mass is 10.1. The quantitative estimate of drug-likeness (QED) is 0.555. The molecule has 0 aliphatic carbocycles. The Morgan fingerprint density at radius 2 is 2.10 bits per heavy atom. The average Bonchev–Trinajstić information content (AvgIpc) is 2.42. The van der Waals surface area contributed by atoms with Crippen LogP contribution in [0, 0.1) is 5.92 Å². The molecular formula is C8H17FO. The van der Waals surface area contributed by atoms with Gasteiger partial charge in [0, 0.05) is 12.5 Å². The van der Waals surface area contributed by atoms with E-state index in [2.05, 4.69) is 0 Å². The molecule has 1 nitrogen and oxygen atoms in total. The van der Waals surface area contributed by atoms with Gasteiger partial charge in [-0.3, -0.25) is 0 Å². The third-order valence-corrected chi connectivity index (χ3v) is 1.61. The molecule has 2 heteroatoms. The van der Waals surface area contributed by atoms with Gasteiger partial charge in [-0.05, 0) is 13.3 Å². The summed E-state index contributed by atoms with van der Waals surface area (Å²) in [4.78, 5) is 0. The Hall–Kier alpha value is -0.110. The molecule has 0 aromatic heterocycles. The van der Waals surface area contributed by atoms with Gasteiger partial charge in [0.15, 0.2) is 0 Å². The van der Waals surface area contributed by atoms with Crippen molar-refractivity contribution in [2.24, 2.45) is 5.92 Å². The Kier molecular flexibility index (Phi) is 5.60. The Morgan fingerprint density at radius 3 is 2.30 bits per heavy atom. The first kappa shape index (κ1) is 9.89. The molecule has 2 atom stereocenters. The highest BCUT2D eigenvalue weighted by Gasteiger charge is 2.21. The van der Waals surface area contributed by atoms with Crippen molar-refractivity contribution in [1.29, 1.82) is 0 Å². The van der Waals surface area contributed by atoms with Crippen LogP contribution in [0.2, 0.25) is 0 Å². The molecule has 0 spiro atoms. The zero-order chi connectivity index (χ0) is 7.98. The van der Waals surface area contributed by atoms with Gasteiger partial charge < -0.3 is 4.74 Å². The molecule has 1 aliphatic heterocycles. The highest BCUT2D eigenvalue weighted by atomic mass is 19.1. The molecule has 0 amide bonds. The van der Waals surface area contributed by atoms with Crippen molar-refractivity contribution in [1.82, 2.24) is 0 Å². The lowest BCUT2D eigenvalue weighted by Gasteiger charge is -2.05. The summed E-state index contributed by atoms with van der Waals surface area (Å²) >= 11 is 0. The first-order valence-electron chi connectivity index (χ1n) is 4.02. The molecule has 1 fully saturated rings.